The Morgan fingerprint density at radius 1 is 1.39 bits per heavy atom. The molecule has 2 aromatic rings. The number of benzene rings is 1. The second-order valence-electron chi connectivity index (χ2n) is 3.78. The van der Waals surface area contributed by atoms with Gasteiger partial charge in [0.2, 0.25) is 0 Å². The predicted octanol–water partition coefficient (Wildman–Crippen LogP) is 3.01. The highest BCUT2D eigenvalue weighted by molar-refractivity contribution is 6.30. The molecule has 0 fully saturated rings. The van der Waals surface area contributed by atoms with Crippen molar-refractivity contribution in [2.45, 2.75) is 13.8 Å². The lowest BCUT2D eigenvalue weighted by atomic mass is 10.3. The summed E-state index contributed by atoms with van der Waals surface area (Å²) in [5.41, 5.74) is 2.03. The van der Waals surface area contributed by atoms with Crippen LogP contribution in [0.2, 0.25) is 5.02 Å². The third-order valence-electron chi connectivity index (χ3n) is 2.44. The van der Waals surface area contributed by atoms with Gasteiger partial charge in [0.05, 0.1) is 12.3 Å². The summed E-state index contributed by atoms with van der Waals surface area (Å²) in [6.07, 6.45) is 0. The average molecular weight is 265 g/mol. The van der Waals surface area contributed by atoms with E-state index in [1.807, 2.05) is 19.1 Å². The molecule has 0 aliphatic carbocycles. The van der Waals surface area contributed by atoms with E-state index in [0.29, 0.717) is 17.3 Å². The zero-order chi connectivity index (χ0) is 13.1. The summed E-state index contributed by atoms with van der Waals surface area (Å²) in [7, 11) is 0. The molecule has 0 amide bonds. The van der Waals surface area contributed by atoms with Crippen molar-refractivity contribution < 1.29 is 9.53 Å². The predicted molar refractivity (Wildman–Crippen MR) is 69.3 cm³/mol. The Kier molecular flexibility index (Phi) is 3.67. The van der Waals surface area contributed by atoms with Crippen molar-refractivity contribution >= 4 is 17.6 Å². The Hall–Kier alpha value is -1.81. The molecule has 0 saturated heterocycles. The standard InChI is InChI=1S/C13H13ClN2O2/c1-3-18-13(17)12-8-9(2)16(15-12)11-6-4-10(14)5-7-11/h4-8H,3H2,1-2H3. The molecule has 0 radical (unpaired) electrons. The molecule has 1 aromatic heterocycles. The second kappa shape index (κ2) is 5.23. The number of esters is 1. The van der Waals surface area contributed by atoms with Gasteiger partial charge in [0.25, 0.3) is 0 Å². The number of ether oxygens (including phenoxy) is 1. The van der Waals surface area contributed by atoms with E-state index in [1.165, 1.54) is 0 Å². The largest absolute Gasteiger partial charge is 0.461 e. The van der Waals surface area contributed by atoms with Crippen LogP contribution in [0.25, 0.3) is 5.69 Å². The van der Waals surface area contributed by atoms with Crippen LogP contribution in [-0.4, -0.2) is 22.4 Å². The van der Waals surface area contributed by atoms with Gasteiger partial charge in [-0.25, -0.2) is 9.48 Å². The van der Waals surface area contributed by atoms with E-state index in [0.717, 1.165) is 11.4 Å². The van der Waals surface area contributed by atoms with Crippen LogP contribution < -0.4 is 0 Å². The second-order valence-corrected chi connectivity index (χ2v) is 4.22. The molecule has 0 N–H and O–H groups in total. The maximum Gasteiger partial charge on any atom is 0.358 e. The zero-order valence-corrected chi connectivity index (χ0v) is 10.9. The number of carbonyl (C=O) groups excluding carboxylic acids is 1. The fourth-order valence-corrected chi connectivity index (χ4v) is 1.75. The Balaban J connectivity index is 2.34. The molecular formula is C13H13ClN2O2. The van der Waals surface area contributed by atoms with Gasteiger partial charge in [0.15, 0.2) is 5.69 Å². The molecule has 1 aromatic carbocycles. The van der Waals surface area contributed by atoms with E-state index in [2.05, 4.69) is 5.10 Å². The van der Waals surface area contributed by atoms with Crippen LogP contribution in [0, 0.1) is 6.92 Å². The van der Waals surface area contributed by atoms with Crippen LogP contribution in [0.5, 0.6) is 0 Å². The number of halogens is 1. The number of rotatable bonds is 3. The minimum atomic E-state index is -0.409. The molecule has 0 spiro atoms. The molecule has 0 aliphatic rings. The summed E-state index contributed by atoms with van der Waals surface area (Å²) in [6.45, 7) is 3.98. The first-order valence-electron chi connectivity index (χ1n) is 5.61. The topological polar surface area (TPSA) is 44.1 Å². The van der Waals surface area contributed by atoms with Crippen LogP contribution in [0.15, 0.2) is 30.3 Å². The van der Waals surface area contributed by atoms with Gasteiger partial charge in [-0.15, -0.1) is 0 Å². The highest BCUT2D eigenvalue weighted by Gasteiger charge is 2.13. The van der Waals surface area contributed by atoms with Crippen LogP contribution in [0.1, 0.15) is 23.1 Å². The van der Waals surface area contributed by atoms with E-state index >= 15 is 0 Å². The maximum absolute atomic E-state index is 11.6. The number of carbonyl (C=O) groups is 1. The van der Waals surface area contributed by atoms with Crippen LogP contribution >= 0.6 is 11.6 Å². The summed E-state index contributed by atoms with van der Waals surface area (Å²) < 4.78 is 6.60. The lowest BCUT2D eigenvalue weighted by Crippen LogP contribution is -2.06. The average Bonchev–Trinajstić information content (AvgIpc) is 2.73. The van der Waals surface area contributed by atoms with Crippen molar-refractivity contribution in [3.63, 3.8) is 0 Å². The highest BCUT2D eigenvalue weighted by Crippen LogP contribution is 2.16. The minimum Gasteiger partial charge on any atom is -0.461 e. The van der Waals surface area contributed by atoms with E-state index in [4.69, 9.17) is 16.3 Å². The van der Waals surface area contributed by atoms with Crippen molar-refractivity contribution in [3.05, 3.63) is 46.7 Å². The third kappa shape index (κ3) is 2.54. The normalized spacial score (nSPS) is 10.4. The van der Waals surface area contributed by atoms with Gasteiger partial charge in [0, 0.05) is 10.7 Å². The van der Waals surface area contributed by atoms with Gasteiger partial charge in [-0.1, -0.05) is 11.6 Å². The van der Waals surface area contributed by atoms with Gasteiger partial charge < -0.3 is 4.74 Å². The molecule has 0 saturated carbocycles. The first kappa shape index (κ1) is 12.6. The summed E-state index contributed by atoms with van der Waals surface area (Å²) >= 11 is 5.83. The quantitative estimate of drug-likeness (QED) is 0.801. The minimum absolute atomic E-state index is 0.310. The summed E-state index contributed by atoms with van der Waals surface area (Å²) in [4.78, 5) is 11.6. The molecule has 0 aliphatic heterocycles. The van der Waals surface area contributed by atoms with Gasteiger partial charge in [-0.3, -0.25) is 0 Å². The summed E-state index contributed by atoms with van der Waals surface area (Å²) in [5.74, 6) is -0.409. The lowest BCUT2D eigenvalue weighted by Gasteiger charge is -2.03. The van der Waals surface area contributed by atoms with E-state index in [-0.39, 0.29) is 0 Å². The first-order chi connectivity index (χ1) is 8.61. The van der Waals surface area contributed by atoms with Gasteiger partial charge in [-0.2, -0.15) is 5.10 Å². The van der Waals surface area contributed by atoms with E-state index in [9.17, 15) is 4.79 Å². The van der Waals surface area contributed by atoms with Gasteiger partial charge in [-0.05, 0) is 44.2 Å². The molecule has 0 bridgehead atoms. The zero-order valence-electron chi connectivity index (χ0n) is 10.2. The monoisotopic (exact) mass is 264 g/mol. The number of hydrogen-bond donors (Lipinski definition) is 0. The number of aromatic nitrogens is 2. The number of hydrogen-bond acceptors (Lipinski definition) is 3. The molecule has 0 unspecified atom stereocenters. The highest BCUT2D eigenvalue weighted by atomic mass is 35.5. The Morgan fingerprint density at radius 2 is 2.06 bits per heavy atom. The van der Waals surface area contributed by atoms with Crippen LogP contribution in [-0.2, 0) is 4.74 Å². The van der Waals surface area contributed by atoms with E-state index in [1.54, 1.807) is 29.8 Å². The number of nitrogens with zero attached hydrogens (tertiary/aromatic N) is 2. The van der Waals surface area contributed by atoms with Crippen molar-refractivity contribution in [1.29, 1.82) is 0 Å². The Morgan fingerprint density at radius 3 is 2.67 bits per heavy atom. The number of aryl methyl sites for hydroxylation is 1. The van der Waals surface area contributed by atoms with Crippen molar-refractivity contribution in [2.24, 2.45) is 0 Å². The molecule has 4 nitrogen and oxygen atoms in total. The van der Waals surface area contributed by atoms with Crippen molar-refractivity contribution in [2.75, 3.05) is 6.61 Å². The van der Waals surface area contributed by atoms with Crippen LogP contribution in [0.3, 0.4) is 0 Å². The lowest BCUT2D eigenvalue weighted by molar-refractivity contribution is 0.0519. The summed E-state index contributed by atoms with van der Waals surface area (Å²) in [6, 6.07) is 8.95. The molecule has 18 heavy (non-hydrogen) atoms. The van der Waals surface area contributed by atoms with Crippen molar-refractivity contribution in [3.8, 4) is 5.69 Å². The van der Waals surface area contributed by atoms with Gasteiger partial charge in [0.1, 0.15) is 0 Å². The third-order valence-corrected chi connectivity index (χ3v) is 2.70. The molecule has 1 heterocycles. The molecule has 2 rings (SSSR count). The smallest absolute Gasteiger partial charge is 0.358 e. The molecule has 94 valence electrons. The molecular weight excluding hydrogens is 252 g/mol. The first-order valence-corrected chi connectivity index (χ1v) is 5.99. The SMILES string of the molecule is CCOC(=O)c1cc(C)n(-c2ccc(Cl)cc2)n1. The maximum atomic E-state index is 11.6. The van der Waals surface area contributed by atoms with Gasteiger partial charge >= 0.3 is 5.97 Å². The van der Waals surface area contributed by atoms with Crippen LogP contribution in [0.4, 0.5) is 0 Å². The molecule has 5 heteroatoms. The Bertz CT molecular complexity index is 561. The Labute approximate surface area is 110 Å². The fraction of sp³-hybridized carbons (Fsp3) is 0.231. The fourth-order valence-electron chi connectivity index (χ4n) is 1.62. The molecule has 0 atom stereocenters. The summed E-state index contributed by atoms with van der Waals surface area (Å²) in [5, 5.41) is 4.89. The van der Waals surface area contributed by atoms with Crippen molar-refractivity contribution in [1.82, 2.24) is 9.78 Å². The van der Waals surface area contributed by atoms with E-state index < -0.39 is 5.97 Å².